The summed E-state index contributed by atoms with van der Waals surface area (Å²) in [6, 6.07) is 4.08. The first-order chi connectivity index (χ1) is 12.2. The van der Waals surface area contributed by atoms with E-state index in [0.29, 0.717) is 12.5 Å². The van der Waals surface area contributed by atoms with Crippen LogP contribution in [0.5, 0.6) is 0 Å². The van der Waals surface area contributed by atoms with Gasteiger partial charge in [0.2, 0.25) is 0 Å². The van der Waals surface area contributed by atoms with Crippen molar-refractivity contribution in [2.75, 3.05) is 13.1 Å². The van der Waals surface area contributed by atoms with E-state index in [-0.39, 0.29) is 5.60 Å². The van der Waals surface area contributed by atoms with E-state index in [1.807, 2.05) is 19.2 Å². The second kappa shape index (κ2) is 5.92. The van der Waals surface area contributed by atoms with Crippen LogP contribution < -0.4 is 0 Å². The van der Waals surface area contributed by atoms with Gasteiger partial charge in [0, 0.05) is 30.8 Å². The van der Waals surface area contributed by atoms with Crippen molar-refractivity contribution in [2.24, 2.45) is 0 Å². The number of nitrogens with zero attached hydrogens (tertiary/aromatic N) is 3. The molecule has 0 atom stereocenters. The number of furan rings is 1. The van der Waals surface area contributed by atoms with Crippen molar-refractivity contribution in [1.29, 1.82) is 0 Å². The van der Waals surface area contributed by atoms with Crippen LogP contribution in [0.15, 0.2) is 22.7 Å². The van der Waals surface area contributed by atoms with Crippen LogP contribution in [0, 0.1) is 6.92 Å². The van der Waals surface area contributed by atoms with Crippen LogP contribution in [-0.4, -0.2) is 28.0 Å². The molecule has 2 fully saturated rings. The van der Waals surface area contributed by atoms with Gasteiger partial charge in [-0.25, -0.2) is 9.97 Å². The standard InChI is InChI=1S/C20H25N3O2/c1-14-7-8-16(25-14)10-23-12-20(13-23)17-9-21-19(22-18(17)11-24-20)15-5-3-2-4-6-15/h7-9,15H,2-6,10-13H2,1H3. The van der Waals surface area contributed by atoms with Crippen LogP contribution in [0.25, 0.3) is 0 Å². The van der Waals surface area contributed by atoms with E-state index >= 15 is 0 Å². The number of hydrogen-bond acceptors (Lipinski definition) is 5. The molecule has 5 rings (SSSR count). The highest BCUT2D eigenvalue weighted by Crippen LogP contribution is 2.43. The van der Waals surface area contributed by atoms with E-state index in [1.54, 1.807) is 0 Å². The summed E-state index contributed by atoms with van der Waals surface area (Å²) >= 11 is 0. The Hall–Kier alpha value is -1.72. The number of likely N-dealkylation sites (tertiary alicyclic amines) is 1. The number of ether oxygens (including phenoxy) is 1. The maximum Gasteiger partial charge on any atom is 0.131 e. The SMILES string of the molecule is Cc1ccc(CN2CC3(C2)OCc2nc(C4CCCCC4)ncc23)o1. The Bertz CT molecular complexity index is 773. The molecule has 2 aromatic heterocycles. The molecule has 25 heavy (non-hydrogen) atoms. The molecule has 5 nitrogen and oxygen atoms in total. The molecule has 2 aromatic rings. The van der Waals surface area contributed by atoms with Crippen LogP contribution in [0.1, 0.15) is 66.6 Å². The lowest BCUT2D eigenvalue weighted by molar-refractivity contribution is -0.146. The summed E-state index contributed by atoms with van der Waals surface area (Å²) in [7, 11) is 0. The van der Waals surface area contributed by atoms with Gasteiger partial charge in [-0.3, -0.25) is 4.90 Å². The number of aromatic nitrogens is 2. The smallest absolute Gasteiger partial charge is 0.131 e. The van der Waals surface area contributed by atoms with Gasteiger partial charge in [0.1, 0.15) is 22.9 Å². The molecular weight excluding hydrogens is 314 g/mol. The minimum Gasteiger partial charge on any atom is -0.465 e. The zero-order valence-corrected chi connectivity index (χ0v) is 14.8. The fourth-order valence-corrected chi connectivity index (χ4v) is 4.60. The Morgan fingerprint density at radius 1 is 1.20 bits per heavy atom. The van der Waals surface area contributed by atoms with Gasteiger partial charge >= 0.3 is 0 Å². The van der Waals surface area contributed by atoms with Gasteiger partial charge in [-0.15, -0.1) is 0 Å². The van der Waals surface area contributed by atoms with Crippen LogP contribution in [0.4, 0.5) is 0 Å². The minimum atomic E-state index is -0.192. The Morgan fingerprint density at radius 3 is 2.80 bits per heavy atom. The predicted molar refractivity (Wildman–Crippen MR) is 93.0 cm³/mol. The summed E-state index contributed by atoms with van der Waals surface area (Å²) in [6.07, 6.45) is 8.51. The average Bonchev–Trinajstić information content (AvgIpc) is 3.19. The molecule has 3 aliphatic rings. The topological polar surface area (TPSA) is 51.4 Å². The highest BCUT2D eigenvalue weighted by Gasteiger charge is 2.51. The van der Waals surface area contributed by atoms with Crippen LogP contribution >= 0.6 is 0 Å². The van der Waals surface area contributed by atoms with E-state index in [2.05, 4.69) is 11.0 Å². The van der Waals surface area contributed by atoms with Gasteiger partial charge in [-0.1, -0.05) is 19.3 Å². The summed E-state index contributed by atoms with van der Waals surface area (Å²) in [6.45, 7) is 5.25. The third kappa shape index (κ3) is 2.70. The lowest BCUT2D eigenvalue weighted by Crippen LogP contribution is -2.58. The van der Waals surface area contributed by atoms with E-state index in [9.17, 15) is 0 Å². The molecule has 0 N–H and O–H groups in total. The van der Waals surface area contributed by atoms with Crippen molar-refractivity contribution in [1.82, 2.24) is 14.9 Å². The second-order valence-corrected chi connectivity index (χ2v) is 7.86. The summed E-state index contributed by atoms with van der Waals surface area (Å²) in [4.78, 5) is 12.0. The zero-order chi connectivity index (χ0) is 16.9. The van der Waals surface area contributed by atoms with E-state index in [1.165, 1.54) is 37.7 Å². The predicted octanol–water partition coefficient (Wildman–Crippen LogP) is 3.67. The maximum atomic E-state index is 6.19. The molecule has 1 spiro atoms. The third-order valence-corrected chi connectivity index (χ3v) is 5.97. The van der Waals surface area contributed by atoms with Gasteiger partial charge in [0.05, 0.1) is 18.8 Å². The van der Waals surface area contributed by atoms with Crippen molar-refractivity contribution < 1.29 is 9.15 Å². The van der Waals surface area contributed by atoms with Gasteiger partial charge in [0.25, 0.3) is 0 Å². The van der Waals surface area contributed by atoms with Crippen molar-refractivity contribution >= 4 is 0 Å². The fraction of sp³-hybridized carbons (Fsp3) is 0.600. The summed E-state index contributed by atoms with van der Waals surface area (Å²) in [5, 5.41) is 0. The first kappa shape index (κ1) is 15.5. The average molecular weight is 339 g/mol. The fourth-order valence-electron chi connectivity index (χ4n) is 4.60. The lowest BCUT2D eigenvalue weighted by Gasteiger charge is -2.47. The number of hydrogen-bond donors (Lipinski definition) is 0. The molecule has 1 aliphatic carbocycles. The first-order valence-electron chi connectivity index (χ1n) is 9.50. The summed E-state index contributed by atoms with van der Waals surface area (Å²) in [5.74, 6) is 3.59. The molecule has 132 valence electrons. The monoisotopic (exact) mass is 339 g/mol. The lowest BCUT2D eigenvalue weighted by atomic mass is 9.86. The normalized spacial score (nSPS) is 22.9. The third-order valence-electron chi connectivity index (χ3n) is 5.97. The van der Waals surface area contributed by atoms with Crippen molar-refractivity contribution in [3.8, 4) is 0 Å². The molecular formula is C20H25N3O2. The molecule has 1 saturated heterocycles. The molecule has 0 amide bonds. The highest BCUT2D eigenvalue weighted by atomic mass is 16.5. The number of rotatable bonds is 3. The minimum absolute atomic E-state index is 0.192. The Morgan fingerprint density at radius 2 is 2.04 bits per heavy atom. The highest BCUT2D eigenvalue weighted by molar-refractivity contribution is 5.33. The van der Waals surface area contributed by atoms with Crippen molar-refractivity contribution in [2.45, 2.75) is 63.7 Å². The molecule has 1 saturated carbocycles. The first-order valence-corrected chi connectivity index (χ1v) is 9.50. The van der Waals surface area contributed by atoms with Crippen molar-refractivity contribution in [3.63, 3.8) is 0 Å². The van der Waals surface area contributed by atoms with Gasteiger partial charge in [0.15, 0.2) is 0 Å². The summed E-state index contributed by atoms with van der Waals surface area (Å²) in [5.41, 5.74) is 2.13. The van der Waals surface area contributed by atoms with Crippen molar-refractivity contribution in [3.05, 3.63) is 46.9 Å². The molecule has 2 aliphatic heterocycles. The molecule has 0 aromatic carbocycles. The van der Waals surface area contributed by atoms with E-state index < -0.39 is 0 Å². The van der Waals surface area contributed by atoms with E-state index in [4.69, 9.17) is 19.1 Å². The summed E-state index contributed by atoms with van der Waals surface area (Å²) < 4.78 is 11.9. The molecule has 0 radical (unpaired) electrons. The van der Waals surface area contributed by atoms with Gasteiger partial charge in [-0.2, -0.15) is 0 Å². The van der Waals surface area contributed by atoms with Gasteiger partial charge in [-0.05, 0) is 31.9 Å². The molecule has 5 heteroatoms. The molecule has 0 bridgehead atoms. The Balaban J connectivity index is 1.29. The molecule has 4 heterocycles. The van der Waals surface area contributed by atoms with Gasteiger partial charge < -0.3 is 9.15 Å². The number of fused-ring (bicyclic) bond motifs is 2. The Labute approximate surface area is 148 Å². The van der Waals surface area contributed by atoms with E-state index in [0.717, 1.165) is 42.7 Å². The quantitative estimate of drug-likeness (QED) is 0.854. The zero-order valence-electron chi connectivity index (χ0n) is 14.8. The van der Waals surface area contributed by atoms with Crippen LogP contribution in [0.3, 0.4) is 0 Å². The molecule has 0 unspecified atom stereocenters. The largest absolute Gasteiger partial charge is 0.465 e. The second-order valence-electron chi connectivity index (χ2n) is 7.86. The maximum absolute atomic E-state index is 6.19. The number of aryl methyl sites for hydroxylation is 1. The Kier molecular flexibility index (Phi) is 3.68. The van der Waals surface area contributed by atoms with Crippen LogP contribution in [0.2, 0.25) is 0 Å². The van der Waals surface area contributed by atoms with Crippen LogP contribution in [-0.2, 0) is 23.5 Å².